The molecule has 13 heterocycles. The summed E-state index contributed by atoms with van der Waals surface area (Å²) in [6, 6.07) is 2.92. The van der Waals surface area contributed by atoms with Gasteiger partial charge < -0.3 is 33.2 Å². The Morgan fingerprint density at radius 2 is 0.681 bits per heavy atom. The van der Waals surface area contributed by atoms with Crippen molar-refractivity contribution in [3.05, 3.63) is 123 Å². The lowest BCUT2D eigenvalue weighted by atomic mass is 9.87. The van der Waals surface area contributed by atoms with Gasteiger partial charge in [-0.2, -0.15) is 35.7 Å². The van der Waals surface area contributed by atoms with E-state index in [4.69, 9.17) is 33.2 Å². The van der Waals surface area contributed by atoms with Gasteiger partial charge in [-0.1, -0.05) is 166 Å². The highest BCUT2D eigenvalue weighted by Crippen LogP contribution is 2.41. The van der Waals surface area contributed by atoms with Gasteiger partial charge in [0.2, 0.25) is 17.6 Å². The highest BCUT2D eigenvalue weighted by molar-refractivity contribution is 5.34. The third-order valence-corrected chi connectivity index (χ3v) is 26.9. The number of piperidine rings is 3. The summed E-state index contributed by atoms with van der Waals surface area (Å²) in [6.45, 7) is 99.9. The summed E-state index contributed by atoms with van der Waals surface area (Å²) in [7, 11) is 8.59. The van der Waals surface area contributed by atoms with Crippen molar-refractivity contribution in [1.29, 1.82) is 0 Å². The van der Waals surface area contributed by atoms with Crippen molar-refractivity contribution in [2.45, 2.75) is 444 Å². The highest BCUT2D eigenvalue weighted by atomic mass is 16.5. The summed E-state index contributed by atoms with van der Waals surface area (Å²) in [6.07, 6.45) is 30.1. The average Bonchev–Trinajstić information content (AvgIpc) is 1.66. The van der Waals surface area contributed by atoms with E-state index in [1.807, 2.05) is 45.0 Å². The lowest BCUT2D eigenvalue weighted by molar-refractivity contribution is 0.0656. The highest BCUT2D eigenvalue weighted by Gasteiger charge is 2.37. The van der Waals surface area contributed by atoms with Crippen molar-refractivity contribution >= 4 is 0 Å². The van der Waals surface area contributed by atoms with Gasteiger partial charge in [-0.15, -0.1) is 5.10 Å². The molecule has 5 saturated heterocycles. The fraction of sp³-hybridized carbons (Fsp3) is 0.780. The molecule has 5 aliphatic heterocycles. The lowest BCUT2D eigenvalue weighted by Gasteiger charge is -2.41. The first-order chi connectivity index (χ1) is 62.2. The molecule has 0 radical (unpaired) electrons. The first-order valence-corrected chi connectivity index (χ1v) is 50.7. The smallest absolute Gasteiger partial charge is 0.236 e. The summed E-state index contributed by atoms with van der Waals surface area (Å²) in [5.41, 5.74) is 17.1. The van der Waals surface area contributed by atoms with Crippen LogP contribution < -0.4 is 14.2 Å². The Hall–Kier alpha value is -7.20. The molecular formula is C109H195N19O7. The minimum absolute atomic E-state index is 0.0652. The van der Waals surface area contributed by atoms with Gasteiger partial charge in [0, 0.05) is 149 Å². The second-order valence-corrected chi connectivity index (χ2v) is 49.7. The number of hydrogen-bond acceptors (Lipinski definition) is 18. The Kier molecular flexibility index (Phi) is 42.1. The van der Waals surface area contributed by atoms with E-state index < -0.39 is 0 Å². The monoisotopic (exact) mass is 1880 g/mol. The molecule has 0 N–H and O–H groups in total. The summed E-state index contributed by atoms with van der Waals surface area (Å²) in [5.74, 6) is 2.60. The molecule has 0 aromatic carbocycles. The van der Waals surface area contributed by atoms with Gasteiger partial charge in [-0.25, -0.2) is 9.36 Å². The number of aryl methyl sites for hydroxylation is 2. The Bertz CT molecular complexity index is 4710. The molecule has 8 aromatic rings. The van der Waals surface area contributed by atoms with E-state index >= 15 is 0 Å². The fourth-order valence-corrected chi connectivity index (χ4v) is 18.3. The van der Waals surface area contributed by atoms with E-state index in [1.54, 1.807) is 35.5 Å². The summed E-state index contributed by atoms with van der Waals surface area (Å²) < 4.78 is 54.1. The largest absolute Gasteiger partial charge is 0.481 e. The third kappa shape index (κ3) is 34.3. The number of ether oxygens (including phenoxy) is 7. The summed E-state index contributed by atoms with van der Waals surface area (Å²) >= 11 is 0. The van der Waals surface area contributed by atoms with Gasteiger partial charge in [0.1, 0.15) is 0 Å². The molecule has 0 amide bonds. The van der Waals surface area contributed by atoms with Crippen molar-refractivity contribution in [3.8, 4) is 17.6 Å². The number of aromatic nitrogens is 16. The molecule has 0 saturated carbocycles. The molecule has 0 bridgehead atoms. The van der Waals surface area contributed by atoms with Crippen molar-refractivity contribution in [3.63, 3.8) is 0 Å². The quantitative estimate of drug-likeness (QED) is 0.0932. The topological polar surface area (TPSA) is 217 Å². The lowest BCUT2D eigenvalue weighted by Crippen LogP contribution is -2.46. The zero-order chi connectivity index (χ0) is 102. The van der Waals surface area contributed by atoms with Crippen LogP contribution in [0.25, 0.3) is 0 Å². The Balaban J connectivity index is 0.000000238. The summed E-state index contributed by atoms with van der Waals surface area (Å²) in [4.78, 5) is 7.71. The number of methoxy groups -OCH3 is 5. The molecule has 13 rings (SSSR count). The fourth-order valence-electron chi connectivity index (χ4n) is 18.3. The number of likely N-dealkylation sites (tertiary alicyclic amines) is 3. The van der Waals surface area contributed by atoms with Crippen LogP contribution >= 0.6 is 0 Å². The van der Waals surface area contributed by atoms with Crippen LogP contribution in [-0.4, -0.2) is 224 Å². The molecule has 0 atom stereocenters. The zero-order valence-electron chi connectivity index (χ0n) is 94.0. The SMILES string of the molecule is CC(C)(C)c1cnn(C2CCN(C(C)(C)C)CC2)c1.COCCn1cc(C(C)(C)C)c(C)n1.COCCn1ncc(C(C)(C)C)c1C.COc1c(C(C)(C)C)cnn1C(C)C.COc1c(C(C)(C)C)cnn1C1CCN(C(C)(C)C)CC1.COc1nn(C2CCN(C(C)(C)C)CC2)cc1C(C)(C)C.Cc1c(C(C)(C)C)cnn1C1CCOCC1.Cc1nn(C2CCOCC2)cc1C(C)(C)C. The van der Waals surface area contributed by atoms with Crippen LogP contribution in [0.1, 0.15) is 410 Å². The van der Waals surface area contributed by atoms with Gasteiger partial charge >= 0.3 is 0 Å². The van der Waals surface area contributed by atoms with Gasteiger partial charge in [0.25, 0.3) is 0 Å². The van der Waals surface area contributed by atoms with E-state index in [9.17, 15) is 0 Å². The van der Waals surface area contributed by atoms with Crippen molar-refractivity contribution < 1.29 is 33.2 Å². The maximum absolute atomic E-state index is 5.68. The van der Waals surface area contributed by atoms with E-state index in [2.05, 4.69) is 374 Å². The van der Waals surface area contributed by atoms with Crippen LogP contribution in [0.3, 0.4) is 0 Å². The van der Waals surface area contributed by atoms with Gasteiger partial charge in [-0.05, 0) is 239 Å². The molecule has 0 spiro atoms. The second-order valence-electron chi connectivity index (χ2n) is 49.7. The normalized spacial score (nSPS) is 17.0. The molecule has 26 nitrogen and oxygen atoms in total. The molecule has 768 valence electrons. The van der Waals surface area contributed by atoms with E-state index in [0.717, 1.165) is 146 Å². The number of nitrogens with zero attached hydrogens (tertiary/aromatic N) is 19. The average molecular weight is 1880 g/mol. The van der Waals surface area contributed by atoms with Crippen LogP contribution in [-0.2, 0) is 75.4 Å². The van der Waals surface area contributed by atoms with Crippen molar-refractivity contribution in [2.75, 3.05) is 114 Å². The van der Waals surface area contributed by atoms with Gasteiger partial charge in [-0.3, -0.25) is 42.8 Å². The minimum Gasteiger partial charge on any atom is -0.481 e. The molecule has 0 aliphatic carbocycles. The number of hydrogen-bond donors (Lipinski definition) is 0. The first kappa shape index (κ1) is 117. The molecule has 0 unspecified atom stereocenters. The van der Waals surface area contributed by atoms with E-state index in [1.165, 1.54) is 82.0 Å². The van der Waals surface area contributed by atoms with E-state index in [-0.39, 0.29) is 54.4 Å². The van der Waals surface area contributed by atoms with Gasteiger partial charge in [0.05, 0.1) is 126 Å². The van der Waals surface area contributed by atoms with Crippen LogP contribution in [0.15, 0.2) is 55.8 Å². The Labute approximate surface area is 820 Å². The van der Waals surface area contributed by atoms with E-state index in [0.29, 0.717) is 55.0 Å². The standard InChI is InChI=1S/2C17H31N3O.C16H29N3.2C13H22N2O.3C11H20N2O/c1-16(2,3)14-12-20(18-15(14)21-7)13-8-10-19(11-9-13)17(4,5)6;1-16(2,3)14-12-18-20(15(14)21-7)13-8-10-19(11-9-13)17(4,5)6;1-15(2,3)13-11-17-19(12-13)14-7-9-18(10-8-14)16(4,5)6;1-10-12(13(2,3)4)9-15(14-10)11-5-7-16-8-6-11;1-10-12(13(2,3)4)9-14-15(10)11-5-7-16-8-6-11;1-8(2)13-10(14-6)9(7-12-13)11(3,4)5;1-9-10(11(2,3)4)8-13(12-9)6-7-14-5;1-9-10(11(2,3)4)8-12-13(9)6-7-14-5/h2*12-13H,8-11H2,1-7H3;11-12,14H,7-10H2,1-6H3;2*9,11H,5-8H2,1-4H3;7-8H,1-6H3;2*8H,6-7H2,1-5H3. The minimum atomic E-state index is 0.0652. The predicted octanol–water partition coefficient (Wildman–Crippen LogP) is 23.6. The Morgan fingerprint density at radius 1 is 0.326 bits per heavy atom. The predicted molar refractivity (Wildman–Crippen MR) is 557 cm³/mol. The molecule has 5 aliphatic rings. The molecular weight excluding hydrogens is 1690 g/mol. The third-order valence-electron chi connectivity index (χ3n) is 26.9. The number of rotatable bonds is 15. The van der Waals surface area contributed by atoms with Gasteiger partial charge in [0.15, 0.2) is 0 Å². The molecule has 5 fully saturated rings. The summed E-state index contributed by atoms with van der Waals surface area (Å²) in [5, 5.41) is 36.3. The molecule has 135 heavy (non-hydrogen) atoms. The van der Waals surface area contributed by atoms with Crippen LogP contribution in [0.2, 0.25) is 0 Å². The van der Waals surface area contributed by atoms with Crippen molar-refractivity contribution in [2.24, 2.45) is 0 Å². The molecule has 8 aromatic heterocycles. The maximum atomic E-state index is 5.68. The van der Waals surface area contributed by atoms with Crippen LogP contribution in [0, 0.1) is 27.7 Å². The van der Waals surface area contributed by atoms with Crippen LogP contribution in [0.5, 0.6) is 17.6 Å². The second kappa shape index (κ2) is 48.8. The first-order valence-electron chi connectivity index (χ1n) is 50.7. The molecule has 26 heteroatoms. The van der Waals surface area contributed by atoms with Crippen LogP contribution in [0.4, 0.5) is 0 Å². The Morgan fingerprint density at radius 3 is 1.06 bits per heavy atom. The maximum Gasteiger partial charge on any atom is 0.236 e. The van der Waals surface area contributed by atoms with Crippen molar-refractivity contribution in [1.82, 2.24) is 92.9 Å². The zero-order valence-corrected chi connectivity index (χ0v) is 94.0.